The number of carbonyl (C=O) groups excluding carboxylic acids is 1. The standard InChI is InChI=1S/C20H24N2O4/c1-24-16-8-5-4-7-15(16)21-11-13-22(14-12-21)20(23)19-17(25-2)9-6-10-18(19)26-3/h4-10H,11-14H2,1-3H3. The molecule has 0 unspecified atom stereocenters. The molecule has 0 bridgehead atoms. The minimum atomic E-state index is -0.0704. The van der Waals surface area contributed by atoms with Gasteiger partial charge in [0.25, 0.3) is 5.91 Å². The molecule has 0 saturated carbocycles. The van der Waals surface area contributed by atoms with E-state index in [1.165, 1.54) is 0 Å². The molecule has 0 aliphatic carbocycles. The van der Waals surface area contributed by atoms with Crippen LogP contribution in [0.1, 0.15) is 10.4 Å². The Labute approximate surface area is 153 Å². The van der Waals surface area contributed by atoms with Crippen molar-refractivity contribution in [3.05, 3.63) is 48.0 Å². The second-order valence-electron chi connectivity index (χ2n) is 5.99. The first-order chi connectivity index (χ1) is 12.7. The van der Waals surface area contributed by atoms with E-state index in [1.54, 1.807) is 33.5 Å². The van der Waals surface area contributed by atoms with Crippen molar-refractivity contribution >= 4 is 11.6 Å². The number of benzene rings is 2. The van der Waals surface area contributed by atoms with Crippen molar-refractivity contribution in [3.63, 3.8) is 0 Å². The third-order valence-corrected chi connectivity index (χ3v) is 4.63. The van der Waals surface area contributed by atoms with Crippen LogP contribution >= 0.6 is 0 Å². The highest BCUT2D eigenvalue weighted by Gasteiger charge is 2.27. The van der Waals surface area contributed by atoms with Crippen molar-refractivity contribution in [2.75, 3.05) is 52.4 Å². The molecule has 138 valence electrons. The second kappa shape index (κ2) is 7.99. The fourth-order valence-corrected chi connectivity index (χ4v) is 3.26. The van der Waals surface area contributed by atoms with Gasteiger partial charge in [0, 0.05) is 26.2 Å². The van der Waals surface area contributed by atoms with Crippen molar-refractivity contribution in [1.29, 1.82) is 0 Å². The average molecular weight is 356 g/mol. The number of anilines is 1. The molecule has 1 fully saturated rings. The highest BCUT2D eigenvalue weighted by atomic mass is 16.5. The molecule has 0 N–H and O–H groups in total. The molecule has 1 aliphatic heterocycles. The average Bonchev–Trinajstić information content (AvgIpc) is 2.72. The highest BCUT2D eigenvalue weighted by Crippen LogP contribution is 2.31. The summed E-state index contributed by atoms with van der Waals surface area (Å²) in [6.45, 7) is 2.73. The molecule has 1 heterocycles. The number of methoxy groups -OCH3 is 3. The van der Waals surface area contributed by atoms with Gasteiger partial charge in [-0.3, -0.25) is 4.79 Å². The predicted octanol–water partition coefficient (Wildman–Crippen LogP) is 2.67. The number of nitrogens with zero attached hydrogens (tertiary/aromatic N) is 2. The lowest BCUT2D eigenvalue weighted by molar-refractivity contribution is 0.0739. The molecule has 6 heteroatoms. The van der Waals surface area contributed by atoms with E-state index in [0.29, 0.717) is 30.2 Å². The van der Waals surface area contributed by atoms with Gasteiger partial charge in [-0.15, -0.1) is 0 Å². The fourth-order valence-electron chi connectivity index (χ4n) is 3.26. The molecule has 0 radical (unpaired) electrons. The van der Waals surface area contributed by atoms with E-state index in [2.05, 4.69) is 4.90 Å². The van der Waals surface area contributed by atoms with Crippen LogP contribution in [0.5, 0.6) is 17.2 Å². The third-order valence-electron chi connectivity index (χ3n) is 4.63. The number of ether oxygens (including phenoxy) is 3. The lowest BCUT2D eigenvalue weighted by Gasteiger charge is -2.37. The molecular weight excluding hydrogens is 332 g/mol. The highest BCUT2D eigenvalue weighted by molar-refractivity contribution is 5.99. The van der Waals surface area contributed by atoms with Gasteiger partial charge in [-0.2, -0.15) is 0 Å². The smallest absolute Gasteiger partial charge is 0.261 e. The van der Waals surface area contributed by atoms with Crippen molar-refractivity contribution in [3.8, 4) is 17.2 Å². The van der Waals surface area contributed by atoms with E-state index in [9.17, 15) is 4.79 Å². The van der Waals surface area contributed by atoms with Crippen LogP contribution in [0.3, 0.4) is 0 Å². The first-order valence-corrected chi connectivity index (χ1v) is 8.57. The first-order valence-electron chi connectivity index (χ1n) is 8.57. The molecular formula is C20H24N2O4. The van der Waals surface area contributed by atoms with E-state index in [4.69, 9.17) is 14.2 Å². The Morgan fingerprint density at radius 3 is 1.88 bits per heavy atom. The Morgan fingerprint density at radius 2 is 1.31 bits per heavy atom. The SMILES string of the molecule is COc1ccccc1N1CCN(C(=O)c2c(OC)cccc2OC)CC1. The van der Waals surface area contributed by atoms with Gasteiger partial charge in [0.1, 0.15) is 22.8 Å². The minimum Gasteiger partial charge on any atom is -0.496 e. The molecule has 6 nitrogen and oxygen atoms in total. The summed E-state index contributed by atoms with van der Waals surface area (Å²) in [5.41, 5.74) is 1.53. The zero-order valence-corrected chi connectivity index (χ0v) is 15.4. The largest absolute Gasteiger partial charge is 0.496 e. The Hall–Kier alpha value is -2.89. The molecule has 2 aromatic rings. The molecule has 2 aromatic carbocycles. The maximum Gasteiger partial charge on any atom is 0.261 e. The maximum atomic E-state index is 13.0. The van der Waals surface area contributed by atoms with Gasteiger partial charge >= 0.3 is 0 Å². The Morgan fingerprint density at radius 1 is 0.769 bits per heavy atom. The van der Waals surface area contributed by atoms with Crippen molar-refractivity contribution < 1.29 is 19.0 Å². The van der Waals surface area contributed by atoms with E-state index in [0.717, 1.165) is 24.5 Å². The van der Waals surface area contributed by atoms with Crippen LogP contribution in [0.4, 0.5) is 5.69 Å². The van der Waals surface area contributed by atoms with Crippen molar-refractivity contribution in [2.24, 2.45) is 0 Å². The summed E-state index contributed by atoms with van der Waals surface area (Å²) < 4.78 is 16.2. The Balaban J connectivity index is 1.75. The number of rotatable bonds is 5. The van der Waals surface area contributed by atoms with Crippen molar-refractivity contribution in [2.45, 2.75) is 0 Å². The maximum absolute atomic E-state index is 13.0. The summed E-state index contributed by atoms with van der Waals surface area (Å²) in [6, 6.07) is 13.3. The summed E-state index contributed by atoms with van der Waals surface area (Å²) in [7, 11) is 4.79. The predicted molar refractivity (Wildman–Crippen MR) is 101 cm³/mol. The first kappa shape index (κ1) is 17.9. The third kappa shape index (κ3) is 3.40. The van der Waals surface area contributed by atoms with Crippen LogP contribution < -0.4 is 19.1 Å². The molecule has 1 amide bonds. The second-order valence-corrected chi connectivity index (χ2v) is 5.99. The lowest BCUT2D eigenvalue weighted by atomic mass is 10.1. The molecule has 1 aliphatic rings. The normalized spacial score (nSPS) is 14.1. The molecule has 3 rings (SSSR count). The zero-order chi connectivity index (χ0) is 18.5. The summed E-state index contributed by atoms with van der Waals surface area (Å²) in [6.07, 6.45) is 0. The van der Waals surface area contributed by atoms with Crippen LogP contribution in [0.15, 0.2) is 42.5 Å². The summed E-state index contributed by atoms with van der Waals surface area (Å²) >= 11 is 0. The Kier molecular flexibility index (Phi) is 5.51. The number of piperazine rings is 1. The number of carbonyl (C=O) groups is 1. The van der Waals surface area contributed by atoms with Gasteiger partial charge in [-0.25, -0.2) is 0 Å². The number of hydrogen-bond acceptors (Lipinski definition) is 5. The van der Waals surface area contributed by atoms with Crippen LogP contribution in [-0.4, -0.2) is 58.3 Å². The van der Waals surface area contributed by atoms with Gasteiger partial charge in [0.05, 0.1) is 27.0 Å². The van der Waals surface area contributed by atoms with Crippen molar-refractivity contribution in [1.82, 2.24) is 4.90 Å². The van der Waals surface area contributed by atoms with Crippen LogP contribution in [0.25, 0.3) is 0 Å². The van der Waals surface area contributed by atoms with E-state index < -0.39 is 0 Å². The van der Waals surface area contributed by atoms with Crippen LogP contribution in [0, 0.1) is 0 Å². The summed E-state index contributed by atoms with van der Waals surface area (Å²) in [5.74, 6) is 1.83. The monoisotopic (exact) mass is 356 g/mol. The number of hydrogen-bond donors (Lipinski definition) is 0. The number of amides is 1. The van der Waals surface area contributed by atoms with Crippen LogP contribution in [-0.2, 0) is 0 Å². The van der Waals surface area contributed by atoms with E-state index >= 15 is 0 Å². The summed E-state index contributed by atoms with van der Waals surface area (Å²) in [5, 5.41) is 0. The summed E-state index contributed by atoms with van der Waals surface area (Å²) in [4.78, 5) is 17.1. The van der Waals surface area contributed by atoms with Gasteiger partial charge in [-0.1, -0.05) is 18.2 Å². The van der Waals surface area contributed by atoms with E-state index in [-0.39, 0.29) is 5.91 Å². The van der Waals surface area contributed by atoms with Crippen LogP contribution in [0.2, 0.25) is 0 Å². The topological polar surface area (TPSA) is 51.2 Å². The van der Waals surface area contributed by atoms with E-state index in [1.807, 2.05) is 35.2 Å². The van der Waals surface area contributed by atoms with Gasteiger partial charge in [0.2, 0.25) is 0 Å². The molecule has 26 heavy (non-hydrogen) atoms. The molecule has 0 atom stereocenters. The zero-order valence-electron chi connectivity index (χ0n) is 15.4. The van der Waals surface area contributed by atoms with Gasteiger partial charge in [-0.05, 0) is 24.3 Å². The molecule has 0 aromatic heterocycles. The molecule has 0 spiro atoms. The van der Waals surface area contributed by atoms with Gasteiger partial charge in [0.15, 0.2) is 0 Å². The Bertz CT molecular complexity index is 748. The number of para-hydroxylation sites is 2. The fraction of sp³-hybridized carbons (Fsp3) is 0.350. The molecule has 1 saturated heterocycles. The minimum absolute atomic E-state index is 0.0704. The van der Waals surface area contributed by atoms with Gasteiger partial charge < -0.3 is 24.0 Å². The lowest BCUT2D eigenvalue weighted by Crippen LogP contribution is -2.49. The quantitative estimate of drug-likeness (QED) is 0.824.